The summed E-state index contributed by atoms with van der Waals surface area (Å²) in [6.07, 6.45) is 11.5. The van der Waals surface area contributed by atoms with Crippen LogP contribution in [0.15, 0.2) is 96.4 Å². The Kier molecular flexibility index (Phi) is 14.4. The molecule has 0 aromatic heterocycles. The van der Waals surface area contributed by atoms with Gasteiger partial charge in [-0.25, -0.2) is 9.59 Å². The molecule has 0 aliphatic carbocycles. The highest BCUT2D eigenvalue weighted by molar-refractivity contribution is 6.00. The number of dihydropyridines is 1. The molecule has 0 spiro atoms. The first kappa shape index (κ1) is 31.8. The zero-order valence-corrected chi connectivity index (χ0v) is 22.1. The fourth-order valence-corrected chi connectivity index (χ4v) is 3.54. The standard InChI is InChI=1S/C25H28N2O6.C4H8O/c1-5-7-9-10-15-33-25(29)22-18(4)26-17(3)21(24(28)32-14-8-6-2)23(22)19-12-11-13-20(16-19)27(30)31;1-2-3-4-5/h5-7,9-13,16,23,26H,2,8,14-15H2,1,3-4H3;2,5H,1,3-4H2/b7-5+,10-9+;. The Hall–Kier alpha value is -4.24. The number of hydrogen-bond donors (Lipinski definition) is 2. The molecular weight excluding hydrogens is 488 g/mol. The van der Waals surface area contributed by atoms with Crippen LogP contribution in [0.2, 0.25) is 0 Å². The minimum absolute atomic E-state index is 0.0312. The van der Waals surface area contributed by atoms with Crippen molar-refractivity contribution in [1.82, 2.24) is 5.32 Å². The number of nitro groups is 1. The lowest BCUT2D eigenvalue weighted by Gasteiger charge is -2.30. The van der Waals surface area contributed by atoms with Crippen molar-refractivity contribution < 1.29 is 29.1 Å². The van der Waals surface area contributed by atoms with Gasteiger partial charge in [0, 0.05) is 30.1 Å². The monoisotopic (exact) mass is 524 g/mol. The first-order valence-electron chi connectivity index (χ1n) is 12.1. The number of esters is 2. The molecule has 0 radical (unpaired) electrons. The summed E-state index contributed by atoms with van der Waals surface area (Å²) >= 11 is 0. The number of non-ortho nitro benzene ring substituents is 1. The predicted molar refractivity (Wildman–Crippen MR) is 147 cm³/mol. The quantitative estimate of drug-likeness (QED) is 0.0956. The predicted octanol–water partition coefficient (Wildman–Crippen LogP) is 5.18. The molecule has 0 saturated heterocycles. The van der Waals surface area contributed by atoms with Gasteiger partial charge in [0.2, 0.25) is 0 Å². The van der Waals surface area contributed by atoms with E-state index in [2.05, 4.69) is 18.5 Å². The molecule has 9 heteroatoms. The van der Waals surface area contributed by atoms with Crippen LogP contribution in [0.5, 0.6) is 0 Å². The summed E-state index contributed by atoms with van der Waals surface area (Å²) in [6, 6.07) is 5.86. The van der Waals surface area contributed by atoms with Gasteiger partial charge in [-0.2, -0.15) is 0 Å². The number of allylic oxidation sites excluding steroid dienone is 5. The van der Waals surface area contributed by atoms with E-state index < -0.39 is 22.8 Å². The first-order chi connectivity index (χ1) is 18.2. The fraction of sp³-hybridized carbons (Fsp3) is 0.310. The van der Waals surface area contributed by atoms with Gasteiger partial charge >= 0.3 is 11.9 Å². The van der Waals surface area contributed by atoms with Crippen LogP contribution in [0, 0.1) is 10.1 Å². The molecule has 38 heavy (non-hydrogen) atoms. The van der Waals surface area contributed by atoms with Crippen molar-refractivity contribution in [3.05, 3.63) is 112 Å². The molecule has 2 N–H and O–H groups in total. The third-order valence-electron chi connectivity index (χ3n) is 5.25. The molecule has 1 aromatic carbocycles. The number of carbonyl (C=O) groups is 2. The van der Waals surface area contributed by atoms with Crippen LogP contribution in [-0.2, 0) is 19.1 Å². The molecule has 1 aromatic rings. The van der Waals surface area contributed by atoms with Crippen LogP contribution in [0.3, 0.4) is 0 Å². The first-order valence-corrected chi connectivity index (χ1v) is 12.1. The number of aliphatic hydroxyl groups is 1. The van der Waals surface area contributed by atoms with Crippen molar-refractivity contribution in [3.8, 4) is 0 Å². The van der Waals surface area contributed by atoms with E-state index in [0.717, 1.165) is 0 Å². The van der Waals surface area contributed by atoms with E-state index in [1.807, 2.05) is 13.0 Å². The molecule has 1 aliphatic heterocycles. The average Bonchev–Trinajstić information content (AvgIpc) is 2.89. The van der Waals surface area contributed by atoms with Crippen LogP contribution < -0.4 is 5.32 Å². The highest BCUT2D eigenvalue weighted by Crippen LogP contribution is 2.40. The Balaban J connectivity index is 0.00000132. The summed E-state index contributed by atoms with van der Waals surface area (Å²) in [4.78, 5) is 36.9. The minimum Gasteiger partial charge on any atom is -0.462 e. The number of nitrogens with one attached hydrogen (secondary N) is 1. The van der Waals surface area contributed by atoms with Gasteiger partial charge in [0.1, 0.15) is 6.61 Å². The molecule has 1 aliphatic rings. The molecule has 1 unspecified atom stereocenters. The van der Waals surface area contributed by atoms with Crippen molar-refractivity contribution in [2.75, 3.05) is 19.8 Å². The summed E-state index contributed by atoms with van der Waals surface area (Å²) < 4.78 is 10.8. The SMILES string of the molecule is C=CCCO.C=CCCOC(=O)C1=C(C)NC(C)=C(C(=O)OC/C=C/C=C/C)C1c1cccc([N+](=O)[O-])c1. The van der Waals surface area contributed by atoms with Crippen LogP contribution in [-0.4, -0.2) is 41.8 Å². The zero-order chi connectivity index (χ0) is 28.5. The molecule has 2 rings (SSSR count). The second kappa shape index (κ2) is 17.3. The maximum atomic E-state index is 13.1. The summed E-state index contributed by atoms with van der Waals surface area (Å²) in [5.41, 5.74) is 1.64. The van der Waals surface area contributed by atoms with E-state index in [0.29, 0.717) is 29.8 Å². The molecule has 0 bridgehead atoms. The van der Waals surface area contributed by atoms with E-state index in [-0.39, 0.29) is 36.7 Å². The van der Waals surface area contributed by atoms with Crippen LogP contribution in [0.4, 0.5) is 5.69 Å². The van der Waals surface area contributed by atoms with Crippen LogP contribution >= 0.6 is 0 Å². The van der Waals surface area contributed by atoms with Gasteiger partial charge in [-0.3, -0.25) is 10.1 Å². The number of carbonyl (C=O) groups excluding carboxylic acids is 2. The average molecular weight is 525 g/mol. The summed E-state index contributed by atoms with van der Waals surface area (Å²) in [5, 5.41) is 22.4. The van der Waals surface area contributed by atoms with E-state index in [4.69, 9.17) is 14.6 Å². The molecule has 9 nitrogen and oxygen atoms in total. The smallest absolute Gasteiger partial charge is 0.337 e. The summed E-state index contributed by atoms with van der Waals surface area (Å²) in [5.74, 6) is -2.15. The maximum Gasteiger partial charge on any atom is 0.337 e. The molecule has 1 atom stereocenters. The van der Waals surface area contributed by atoms with Gasteiger partial charge in [-0.15, -0.1) is 13.2 Å². The maximum absolute atomic E-state index is 13.1. The van der Waals surface area contributed by atoms with Crippen LogP contribution in [0.25, 0.3) is 0 Å². The number of aliphatic hydroxyl groups excluding tert-OH is 1. The number of nitro benzene ring substituents is 1. The van der Waals surface area contributed by atoms with E-state index in [1.54, 1.807) is 50.3 Å². The van der Waals surface area contributed by atoms with Crippen molar-refractivity contribution in [3.63, 3.8) is 0 Å². The Bertz CT molecular complexity index is 1130. The lowest BCUT2D eigenvalue weighted by Crippen LogP contribution is -2.32. The summed E-state index contributed by atoms with van der Waals surface area (Å²) in [6.45, 7) is 12.6. The zero-order valence-electron chi connectivity index (χ0n) is 22.1. The topological polar surface area (TPSA) is 128 Å². The van der Waals surface area contributed by atoms with Gasteiger partial charge in [-0.05, 0) is 45.3 Å². The largest absolute Gasteiger partial charge is 0.462 e. The van der Waals surface area contributed by atoms with E-state index in [9.17, 15) is 19.7 Å². The van der Waals surface area contributed by atoms with Gasteiger partial charge in [0.15, 0.2) is 0 Å². The second-order valence-corrected chi connectivity index (χ2v) is 8.05. The Morgan fingerprint density at radius 3 is 2.24 bits per heavy atom. The van der Waals surface area contributed by atoms with Crippen LogP contribution in [0.1, 0.15) is 45.1 Å². The number of hydrogen-bond acceptors (Lipinski definition) is 8. The Morgan fingerprint density at radius 1 is 1.08 bits per heavy atom. The fourth-order valence-electron chi connectivity index (χ4n) is 3.54. The molecule has 1 heterocycles. The summed E-state index contributed by atoms with van der Waals surface area (Å²) in [7, 11) is 0. The Morgan fingerprint density at radius 2 is 1.71 bits per heavy atom. The van der Waals surface area contributed by atoms with Gasteiger partial charge in [-0.1, -0.05) is 42.5 Å². The molecule has 204 valence electrons. The lowest BCUT2D eigenvalue weighted by molar-refractivity contribution is -0.384. The lowest BCUT2D eigenvalue weighted by atomic mass is 9.80. The Labute approximate surface area is 223 Å². The minimum atomic E-state index is -0.894. The number of ether oxygens (including phenoxy) is 2. The number of rotatable bonds is 12. The van der Waals surface area contributed by atoms with E-state index in [1.165, 1.54) is 18.2 Å². The van der Waals surface area contributed by atoms with E-state index >= 15 is 0 Å². The van der Waals surface area contributed by atoms with Crippen molar-refractivity contribution >= 4 is 17.6 Å². The molecule has 0 amide bonds. The van der Waals surface area contributed by atoms with Crippen molar-refractivity contribution in [2.45, 2.75) is 39.5 Å². The van der Waals surface area contributed by atoms with Crippen molar-refractivity contribution in [2.24, 2.45) is 0 Å². The second-order valence-electron chi connectivity index (χ2n) is 8.05. The molecular formula is C29H36N2O7. The van der Waals surface area contributed by atoms with Gasteiger partial charge in [0.05, 0.1) is 28.6 Å². The number of nitrogens with zero attached hydrogens (tertiary/aromatic N) is 1. The molecule has 0 saturated carbocycles. The number of benzene rings is 1. The third-order valence-corrected chi connectivity index (χ3v) is 5.25. The normalized spacial score (nSPS) is 15.0. The third kappa shape index (κ3) is 9.67. The highest BCUT2D eigenvalue weighted by atomic mass is 16.6. The molecule has 0 fully saturated rings. The van der Waals surface area contributed by atoms with Gasteiger partial charge in [0.25, 0.3) is 5.69 Å². The van der Waals surface area contributed by atoms with Gasteiger partial charge < -0.3 is 19.9 Å². The highest BCUT2D eigenvalue weighted by Gasteiger charge is 2.38. The van der Waals surface area contributed by atoms with Crippen molar-refractivity contribution in [1.29, 1.82) is 0 Å².